The van der Waals surface area contributed by atoms with Gasteiger partial charge >= 0.3 is 0 Å². The molecule has 0 saturated carbocycles. The molecule has 0 unspecified atom stereocenters. The number of nitrogens with zero attached hydrogens (tertiary/aromatic N) is 2. The maximum Gasteiger partial charge on any atom is 0.264 e. The second-order valence-corrected chi connectivity index (χ2v) is 9.26. The average molecular weight is 464 g/mol. The maximum absolute atomic E-state index is 13.6. The summed E-state index contributed by atoms with van der Waals surface area (Å²) in [6.45, 7) is 2.14. The standard InChI is InChI=1S/C24H21N3O5S/c1-17-5-7-20(8-6-17)27(16-24(28)26-19-4-2-3-18(13-19)15-25)33(29,30)21-9-10-22-23(14-21)32-12-11-31-22/h2-10,13-14H,11-12,16H2,1H3,(H,26,28). The Balaban J connectivity index is 1.66. The molecule has 0 fully saturated rings. The number of benzene rings is 3. The van der Waals surface area contributed by atoms with Gasteiger partial charge in [0.15, 0.2) is 11.5 Å². The van der Waals surface area contributed by atoms with Crippen LogP contribution in [-0.2, 0) is 14.8 Å². The predicted octanol–water partition coefficient (Wildman–Crippen LogP) is 3.47. The Hall–Kier alpha value is -4.03. The number of fused-ring (bicyclic) bond motifs is 1. The first kappa shape index (κ1) is 22.2. The molecule has 3 aromatic rings. The largest absolute Gasteiger partial charge is 0.486 e. The van der Waals surface area contributed by atoms with Crippen molar-refractivity contribution in [3.8, 4) is 17.6 Å². The average Bonchev–Trinajstić information content (AvgIpc) is 2.83. The van der Waals surface area contributed by atoms with Gasteiger partial charge in [-0.1, -0.05) is 23.8 Å². The van der Waals surface area contributed by atoms with Crippen molar-refractivity contribution in [2.45, 2.75) is 11.8 Å². The second kappa shape index (κ2) is 9.22. The van der Waals surface area contributed by atoms with Crippen molar-refractivity contribution in [2.24, 2.45) is 0 Å². The lowest BCUT2D eigenvalue weighted by Crippen LogP contribution is -2.38. The third-order valence-corrected chi connectivity index (χ3v) is 6.76. The Kier molecular flexibility index (Phi) is 6.20. The highest BCUT2D eigenvalue weighted by Crippen LogP contribution is 2.34. The zero-order valence-electron chi connectivity index (χ0n) is 17.8. The van der Waals surface area contributed by atoms with Crippen molar-refractivity contribution >= 4 is 27.3 Å². The van der Waals surface area contributed by atoms with Crippen molar-refractivity contribution in [2.75, 3.05) is 29.4 Å². The highest BCUT2D eigenvalue weighted by molar-refractivity contribution is 7.92. The van der Waals surface area contributed by atoms with Gasteiger partial charge in [0.25, 0.3) is 10.0 Å². The van der Waals surface area contributed by atoms with Gasteiger partial charge in [-0.3, -0.25) is 9.10 Å². The summed E-state index contributed by atoms with van der Waals surface area (Å²) >= 11 is 0. The minimum atomic E-state index is -4.12. The van der Waals surface area contributed by atoms with Gasteiger partial charge in [-0.15, -0.1) is 0 Å². The highest BCUT2D eigenvalue weighted by atomic mass is 32.2. The quantitative estimate of drug-likeness (QED) is 0.600. The molecule has 8 nitrogen and oxygen atoms in total. The summed E-state index contributed by atoms with van der Waals surface area (Å²) < 4.78 is 39.2. The molecule has 1 aliphatic heterocycles. The van der Waals surface area contributed by atoms with Crippen LogP contribution in [0.2, 0.25) is 0 Å². The van der Waals surface area contributed by atoms with Crippen LogP contribution in [-0.4, -0.2) is 34.1 Å². The minimum Gasteiger partial charge on any atom is -0.486 e. The Morgan fingerprint density at radius 1 is 1.03 bits per heavy atom. The number of aryl methyl sites for hydroxylation is 1. The number of carbonyl (C=O) groups is 1. The molecule has 1 heterocycles. The van der Waals surface area contributed by atoms with Crippen molar-refractivity contribution in [1.82, 2.24) is 0 Å². The summed E-state index contributed by atoms with van der Waals surface area (Å²) in [4.78, 5) is 12.8. The van der Waals surface area contributed by atoms with Crippen molar-refractivity contribution in [1.29, 1.82) is 5.26 Å². The first-order valence-corrected chi connectivity index (χ1v) is 11.6. The molecule has 33 heavy (non-hydrogen) atoms. The van der Waals surface area contributed by atoms with E-state index < -0.39 is 22.5 Å². The fourth-order valence-electron chi connectivity index (χ4n) is 3.33. The number of nitriles is 1. The lowest BCUT2D eigenvalue weighted by atomic mass is 10.2. The number of amides is 1. The molecule has 1 N–H and O–H groups in total. The van der Waals surface area contributed by atoms with Crippen LogP contribution in [0, 0.1) is 18.3 Å². The Labute approximate surface area is 192 Å². The van der Waals surface area contributed by atoms with E-state index in [1.165, 1.54) is 18.2 Å². The molecule has 0 radical (unpaired) electrons. The number of carbonyl (C=O) groups excluding carboxylic acids is 1. The lowest BCUT2D eigenvalue weighted by Gasteiger charge is -2.25. The van der Waals surface area contributed by atoms with E-state index in [0.29, 0.717) is 41.7 Å². The molecule has 0 aromatic heterocycles. The molecule has 0 aliphatic carbocycles. The van der Waals surface area contributed by atoms with Crippen LogP contribution in [0.1, 0.15) is 11.1 Å². The first-order valence-electron chi connectivity index (χ1n) is 10.2. The van der Waals surface area contributed by atoms with Crippen LogP contribution in [0.5, 0.6) is 11.5 Å². The van der Waals surface area contributed by atoms with Crippen LogP contribution >= 0.6 is 0 Å². The van der Waals surface area contributed by atoms with E-state index in [4.69, 9.17) is 14.7 Å². The van der Waals surface area contributed by atoms with E-state index in [1.807, 2.05) is 13.0 Å². The smallest absolute Gasteiger partial charge is 0.264 e. The van der Waals surface area contributed by atoms with Crippen LogP contribution in [0.25, 0.3) is 0 Å². The summed E-state index contributed by atoms with van der Waals surface area (Å²) in [5, 5.41) is 11.7. The van der Waals surface area contributed by atoms with Crippen LogP contribution < -0.4 is 19.1 Å². The van der Waals surface area contributed by atoms with Gasteiger partial charge in [0.2, 0.25) is 5.91 Å². The van der Waals surface area contributed by atoms with Crippen molar-refractivity contribution < 1.29 is 22.7 Å². The Morgan fingerprint density at radius 2 is 1.76 bits per heavy atom. The molecule has 1 amide bonds. The summed E-state index contributed by atoms with van der Waals surface area (Å²) in [5.74, 6) is 0.257. The molecule has 168 valence electrons. The monoisotopic (exact) mass is 463 g/mol. The summed E-state index contributed by atoms with van der Waals surface area (Å²) in [5.41, 5.74) is 2.08. The molecule has 9 heteroatoms. The molecule has 0 atom stereocenters. The van der Waals surface area contributed by atoms with Gasteiger partial charge in [-0.05, 0) is 49.4 Å². The van der Waals surface area contributed by atoms with Crippen molar-refractivity contribution in [3.63, 3.8) is 0 Å². The molecule has 0 saturated heterocycles. The van der Waals surface area contributed by atoms with Gasteiger partial charge in [0, 0.05) is 11.8 Å². The predicted molar refractivity (Wildman–Crippen MR) is 123 cm³/mol. The Bertz CT molecular complexity index is 1330. The van der Waals surface area contributed by atoms with Gasteiger partial charge in [0.05, 0.1) is 22.2 Å². The normalized spacial score (nSPS) is 12.5. The first-order chi connectivity index (χ1) is 15.9. The molecular formula is C24H21N3O5S. The van der Waals surface area contributed by atoms with Gasteiger partial charge < -0.3 is 14.8 Å². The molecule has 0 bridgehead atoms. The number of rotatable bonds is 6. The maximum atomic E-state index is 13.6. The zero-order valence-corrected chi connectivity index (χ0v) is 18.6. The molecule has 1 aliphatic rings. The molecule has 3 aromatic carbocycles. The fourth-order valence-corrected chi connectivity index (χ4v) is 4.77. The highest BCUT2D eigenvalue weighted by Gasteiger charge is 2.29. The second-order valence-electron chi connectivity index (χ2n) is 7.39. The summed E-state index contributed by atoms with van der Waals surface area (Å²) in [6.07, 6.45) is 0. The van der Waals surface area contributed by atoms with E-state index in [2.05, 4.69) is 5.32 Å². The van der Waals surface area contributed by atoms with E-state index in [0.717, 1.165) is 9.87 Å². The summed E-state index contributed by atoms with van der Waals surface area (Å²) in [6, 6.07) is 19.6. The fraction of sp³-hybridized carbons (Fsp3) is 0.167. The third kappa shape index (κ3) is 4.91. The van der Waals surface area contributed by atoms with Gasteiger partial charge in [-0.25, -0.2) is 8.42 Å². The SMILES string of the molecule is Cc1ccc(N(CC(=O)Nc2cccc(C#N)c2)S(=O)(=O)c2ccc3c(c2)OCCO3)cc1. The molecular weight excluding hydrogens is 442 g/mol. The number of ether oxygens (including phenoxy) is 2. The number of anilines is 2. The summed E-state index contributed by atoms with van der Waals surface area (Å²) in [7, 11) is -4.12. The molecule has 4 rings (SSSR count). The number of hydrogen-bond acceptors (Lipinski definition) is 6. The number of sulfonamides is 1. The number of hydrogen-bond donors (Lipinski definition) is 1. The van der Waals surface area contributed by atoms with Gasteiger partial charge in [-0.2, -0.15) is 5.26 Å². The lowest BCUT2D eigenvalue weighted by molar-refractivity contribution is -0.114. The van der Waals surface area contributed by atoms with E-state index in [-0.39, 0.29) is 4.90 Å². The van der Waals surface area contributed by atoms with Crippen molar-refractivity contribution in [3.05, 3.63) is 77.9 Å². The van der Waals surface area contributed by atoms with E-state index in [9.17, 15) is 13.2 Å². The van der Waals surface area contributed by atoms with Crippen LogP contribution in [0.4, 0.5) is 11.4 Å². The topological polar surface area (TPSA) is 109 Å². The van der Waals surface area contributed by atoms with E-state index in [1.54, 1.807) is 48.5 Å². The number of nitrogens with one attached hydrogen (secondary N) is 1. The van der Waals surface area contributed by atoms with E-state index >= 15 is 0 Å². The van der Waals surface area contributed by atoms with Crippen LogP contribution in [0.15, 0.2) is 71.6 Å². The minimum absolute atomic E-state index is 0.0217. The van der Waals surface area contributed by atoms with Gasteiger partial charge in [0.1, 0.15) is 19.8 Å². The Morgan fingerprint density at radius 3 is 2.48 bits per heavy atom. The molecule has 0 spiro atoms. The third-order valence-electron chi connectivity index (χ3n) is 4.99. The van der Waals surface area contributed by atoms with Crippen LogP contribution in [0.3, 0.4) is 0 Å². The zero-order chi connectivity index (χ0) is 23.4.